The van der Waals surface area contributed by atoms with Crippen molar-refractivity contribution in [1.29, 1.82) is 0 Å². The first kappa shape index (κ1) is 13.9. The number of carbonyl (C=O) groups is 1. The van der Waals surface area contributed by atoms with Gasteiger partial charge < -0.3 is 15.1 Å². The molecule has 2 N–H and O–H groups in total. The van der Waals surface area contributed by atoms with E-state index < -0.39 is 0 Å². The van der Waals surface area contributed by atoms with Crippen LogP contribution in [0.25, 0.3) is 0 Å². The molecule has 1 aromatic heterocycles. The third-order valence-electron chi connectivity index (χ3n) is 3.96. The minimum Gasteiger partial charge on any atom is -0.469 e. The molecule has 1 aliphatic heterocycles. The van der Waals surface area contributed by atoms with E-state index in [0.29, 0.717) is 6.42 Å². The summed E-state index contributed by atoms with van der Waals surface area (Å²) < 4.78 is 5.42. The van der Waals surface area contributed by atoms with Crippen molar-refractivity contribution in [2.75, 3.05) is 12.4 Å². The molecule has 1 atom stereocenters. The molecule has 0 saturated heterocycles. The van der Waals surface area contributed by atoms with Gasteiger partial charge in [0.25, 0.3) is 0 Å². The molecule has 1 unspecified atom stereocenters. The highest BCUT2D eigenvalue weighted by atomic mass is 16.3. The van der Waals surface area contributed by atoms with Crippen LogP contribution >= 0.6 is 0 Å². The first-order valence-electron chi connectivity index (χ1n) is 7.32. The molecule has 2 aromatic rings. The highest BCUT2D eigenvalue weighted by Crippen LogP contribution is 2.29. The Morgan fingerprint density at radius 1 is 1.24 bits per heavy atom. The van der Waals surface area contributed by atoms with Crippen LogP contribution in [0, 0.1) is 6.92 Å². The van der Waals surface area contributed by atoms with E-state index in [1.54, 1.807) is 6.26 Å². The summed E-state index contributed by atoms with van der Waals surface area (Å²) >= 11 is 0. The maximum absolute atomic E-state index is 11.6. The van der Waals surface area contributed by atoms with E-state index in [1.807, 2.05) is 20.0 Å². The third-order valence-corrected chi connectivity index (χ3v) is 3.96. The van der Waals surface area contributed by atoms with Gasteiger partial charge in [-0.15, -0.1) is 0 Å². The average Bonchev–Trinajstić information content (AvgIpc) is 2.79. The minimum absolute atomic E-state index is 0.103. The number of benzene rings is 1. The highest BCUT2D eigenvalue weighted by molar-refractivity contribution is 5.92. The number of amides is 1. The van der Waals surface area contributed by atoms with Gasteiger partial charge in [0.05, 0.1) is 12.3 Å². The van der Waals surface area contributed by atoms with Crippen LogP contribution in [-0.2, 0) is 11.2 Å². The number of fused-ring (bicyclic) bond motifs is 1. The standard InChI is InChI=1S/C17H20N2O2/c1-11-8-14(10-21-11)17(18-2)13-6-7-15-12(9-13)4-3-5-16(20)19-15/h6-10,17-18H,3-5H2,1-2H3,(H,19,20). The summed E-state index contributed by atoms with van der Waals surface area (Å²) in [4.78, 5) is 11.6. The Hall–Kier alpha value is -2.07. The molecule has 0 spiro atoms. The van der Waals surface area contributed by atoms with E-state index in [-0.39, 0.29) is 11.9 Å². The van der Waals surface area contributed by atoms with Crippen LogP contribution in [0.1, 0.15) is 41.3 Å². The summed E-state index contributed by atoms with van der Waals surface area (Å²) in [7, 11) is 1.94. The fourth-order valence-electron chi connectivity index (χ4n) is 2.91. The maximum Gasteiger partial charge on any atom is 0.224 e. The maximum atomic E-state index is 11.6. The zero-order valence-electron chi connectivity index (χ0n) is 12.4. The molecular weight excluding hydrogens is 264 g/mol. The number of nitrogens with one attached hydrogen (secondary N) is 2. The number of hydrogen-bond acceptors (Lipinski definition) is 3. The van der Waals surface area contributed by atoms with E-state index >= 15 is 0 Å². The number of rotatable bonds is 3. The second-order valence-corrected chi connectivity index (χ2v) is 5.53. The number of furan rings is 1. The molecule has 3 rings (SSSR count). The van der Waals surface area contributed by atoms with E-state index in [2.05, 4.69) is 28.8 Å². The van der Waals surface area contributed by atoms with E-state index in [4.69, 9.17) is 4.42 Å². The van der Waals surface area contributed by atoms with Crippen molar-refractivity contribution >= 4 is 11.6 Å². The molecule has 110 valence electrons. The number of hydrogen-bond donors (Lipinski definition) is 2. The number of anilines is 1. The molecule has 0 aliphatic carbocycles. The lowest BCUT2D eigenvalue weighted by Gasteiger charge is -2.17. The van der Waals surface area contributed by atoms with Crippen molar-refractivity contribution in [1.82, 2.24) is 5.32 Å². The highest BCUT2D eigenvalue weighted by Gasteiger charge is 2.18. The van der Waals surface area contributed by atoms with Crippen LogP contribution in [0.15, 0.2) is 34.9 Å². The minimum atomic E-state index is 0.103. The van der Waals surface area contributed by atoms with Gasteiger partial charge in [-0.3, -0.25) is 4.79 Å². The first-order chi connectivity index (χ1) is 10.2. The summed E-state index contributed by atoms with van der Waals surface area (Å²) in [5.41, 5.74) is 4.46. The Morgan fingerprint density at radius 2 is 2.10 bits per heavy atom. The molecular formula is C17H20N2O2. The van der Waals surface area contributed by atoms with Gasteiger partial charge in [0.1, 0.15) is 5.76 Å². The first-order valence-corrected chi connectivity index (χ1v) is 7.32. The van der Waals surface area contributed by atoms with Crippen molar-refractivity contribution in [3.8, 4) is 0 Å². The van der Waals surface area contributed by atoms with Gasteiger partial charge >= 0.3 is 0 Å². The summed E-state index contributed by atoms with van der Waals surface area (Å²) in [6.45, 7) is 1.95. The molecule has 1 aromatic carbocycles. The molecule has 4 heteroatoms. The van der Waals surface area contributed by atoms with Crippen LogP contribution in [0.2, 0.25) is 0 Å². The Kier molecular flexibility index (Phi) is 3.80. The fraction of sp³-hybridized carbons (Fsp3) is 0.353. The molecule has 0 bridgehead atoms. The van der Waals surface area contributed by atoms with Gasteiger partial charge in [-0.2, -0.15) is 0 Å². The van der Waals surface area contributed by atoms with Gasteiger partial charge in [0, 0.05) is 17.7 Å². The molecule has 4 nitrogen and oxygen atoms in total. The van der Waals surface area contributed by atoms with Gasteiger partial charge in [0.2, 0.25) is 5.91 Å². The van der Waals surface area contributed by atoms with Gasteiger partial charge in [-0.25, -0.2) is 0 Å². The molecule has 1 aliphatic rings. The third kappa shape index (κ3) is 2.85. The normalized spacial score (nSPS) is 16.0. The van der Waals surface area contributed by atoms with Crippen LogP contribution in [-0.4, -0.2) is 13.0 Å². The smallest absolute Gasteiger partial charge is 0.224 e. The molecule has 21 heavy (non-hydrogen) atoms. The van der Waals surface area contributed by atoms with Crippen LogP contribution in [0.5, 0.6) is 0 Å². The van der Waals surface area contributed by atoms with Crippen molar-refractivity contribution in [3.05, 3.63) is 53.0 Å². The molecule has 1 amide bonds. The zero-order chi connectivity index (χ0) is 14.8. The van der Waals surface area contributed by atoms with Crippen LogP contribution in [0.3, 0.4) is 0 Å². The van der Waals surface area contributed by atoms with Crippen molar-refractivity contribution < 1.29 is 9.21 Å². The predicted octanol–water partition coefficient (Wildman–Crippen LogP) is 3.17. The molecule has 2 heterocycles. The largest absolute Gasteiger partial charge is 0.469 e. The summed E-state index contributed by atoms with van der Waals surface area (Å²) in [6, 6.07) is 8.41. The SMILES string of the molecule is CNC(c1coc(C)c1)c1ccc2c(c1)CCCC(=O)N2. The molecule has 0 fully saturated rings. The average molecular weight is 284 g/mol. The molecule has 0 radical (unpaired) electrons. The number of carbonyl (C=O) groups excluding carboxylic acids is 1. The Balaban J connectivity index is 1.95. The van der Waals surface area contributed by atoms with E-state index in [1.165, 1.54) is 11.1 Å². The quantitative estimate of drug-likeness (QED) is 0.910. The summed E-state index contributed by atoms with van der Waals surface area (Å²) in [6.07, 6.45) is 4.23. The second-order valence-electron chi connectivity index (χ2n) is 5.53. The monoisotopic (exact) mass is 284 g/mol. The summed E-state index contributed by atoms with van der Waals surface area (Å²) in [5.74, 6) is 1.02. The predicted molar refractivity (Wildman–Crippen MR) is 82.4 cm³/mol. The summed E-state index contributed by atoms with van der Waals surface area (Å²) in [5, 5.41) is 6.30. The van der Waals surface area contributed by atoms with E-state index in [9.17, 15) is 4.79 Å². The van der Waals surface area contributed by atoms with Crippen molar-refractivity contribution in [2.24, 2.45) is 0 Å². The van der Waals surface area contributed by atoms with Gasteiger partial charge in [0.15, 0.2) is 0 Å². The second kappa shape index (κ2) is 5.74. The zero-order valence-corrected chi connectivity index (χ0v) is 12.4. The Morgan fingerprint density at radius 3 is 2.81 bits per heavy atom. The van der Waals surface area contributed by atoms with Gasteiger partial charge in [-0.1, -0.05) is 12.1 Å². The topological polar surface area (TPSA) is 54.3 Å². The fourth-order valence-corrected chi connectivity index (χ4v) is 2.91. The van der Waals surface area contributed by atoms with Crippen molar-refractivity contribution in [3.63, 3.8) is 0 Å². The lowest BCUT2D eigenvalue weighted by molar-refractivity contribution is -0.116. The number of aryl methyl sites for hydroxylation is 2. The lowest BCUT2D eigenvalue weighted by Crippen LogP contribution is -2.17. The Bertz CT molecular complexity index is 661. The van der Waals surface area contributed by atoms with Gasteiger partial charge in [-0.05, 0) is 50.1 Å². The van der Waals surface area contributed by atoms with Crippen molar-refractivity contribution in [2.45, 2.75) is 32.2 Å². The van der Waals surface area contributed by atoms with Crippen LogP contribution in [0.4, 0.5) is 5.69 Å². The Labute approximate surface area is 124 Å². The van der Waals surface area contributed by atoms with E-state index in [0.717, 1.165) is 29.9 Å². The molecule has 0 saturated carbocycles. The van der Waals surface area contributed by atoms with Crippen LogP contribution < -0.4 is 10.6 Å². The lowest BCUT2D eigenvalue weighted by atomic mass is 9.96.